The third-order valence-electron chi connectivity index (χ3n) is 5.23. The number of carbonyl (C=O) groups excluding carboxylic acids is 1. The van der Waals surface area contributed by atoms with Crippen LogP contribution >= 0.6 is 0 Å². The molecule has 0 saturated heterocycles. The van der Waals surface area contributed by atoms with Gasteiger partial charge in [0.2, 0.25) is 0 Å². The van der Waals surface area contributed by atoms with Gasteiger partial charge < -0.3 is 5.32 Å². The molecule has 0 radical (unpaired) electrons. The molecule has 8 heteroatoms. The number of aromatic amines is 1. The number of aromatic nitrogens is 3. The fourth-order valence-electron chi connectivity index (χ4n) is 4.03. The summed E-state index contributed by atoms with van der Waals surface area (Å²) >= 11 is 0. The predicted molar refractivity (Wildman–Crippen MR) is 97.2 cm³/mol. The molecule has 2 aliphatic heterocycles. The smallest absolute Gasteiger partial charge is 0.184 e. The molecule has 0 bridgehead atoms. The van der Waals surface area contributed by atoms with Crippen LogP contribution in [0.5, 0.6) is 0 Å². The van der Waals surface area contributed by atoms with Crippen LogP contribution in [0.2, 0.25) is 0 Å². The van der Waals surface area contributed by atoms with E-state index in [0.717, 1.165) is 5.56 Å². The van der Waals surface area contributed by atoms with Crippen LogP contribution in [0.4, 0.5) is 8.78 Å². The zero-order chi connectivity index (χ0) is 19.3. The highest BCUT2D eigenvalue weighted by molar-refractivity contribution is 6.18. The maximum absolute atomic E-state index is 14.1. The molecule has 2 N–H and O–H groups in total. The fourth-order valence-corrected chi connectivity index (χ4v) is 4.03. The van der Waals surface area contributed by atoms with Crippen molar-refractivity contribution in [3.63, 3.8) is 0 Å². The van der Waals surface area contributed by atoms with Crippen LogP contribution in [0.1, 0.15) is 44.8 Å². The van der Waals surface area contributed by atoms with Crippen LogP contribution in [0.3, 0.4) is 0 Å². The van der Waals surface area contributed by atoms with Gasteiger partial charge >= 0.3 is 0 Å². The summed E-state index contributed by atoms with van der Waals surface area (Å²) in [6.07, 6.45) is 1.41. The van der Waals surface area contributed by atoms with Gasteiger partial charge in [-0.3, -0.25) is 14.9 Å². The molecule has 6 nitrogen and oxygen atoms in total. The molecule has 2 aromatic carbocycles. The maximum Gasteiger partial charge on any atom is 0.184 e. The van der Waals surface area contributed by atoms with Crippen molar-refractivity contribution in [1.29, 1.82) is 0 Å². The van der Waals surface area contributed by atoms with Crippen molar-refractivity contribution in [3.05, 3.63) is 82.4 Å². The van der Waals surface area contributed by atoms with E-state index in [0.29, 0.717) is 34.8 Å². The summed E-state index contributed by atoms with van der Waals surface area (Å²) in [5.41, 5.74) is 3.14. The largest absolute Gasteiger partial charge is 0.305 e. The molecule has 5 rings (SSSR count). The number of carbonyl (C=O) groups is 1. The van der Waals surface area contributed by atoms with E-state index < -0.39 is 11.7 Å². The molecule has 2 unspecified atom stereocenters. The van der Waals surface area contributed by atoms with Crippen molar-refractivity contribution in [3.8, 4) is 0 Å². The predicted octanol–water partition coefficient (Wildman–Crippen LogP) is 2.70. The standard InChI is InChI=1S/C20H15F2N5O/c21-12-3-1-10(2-4-12)18-17(20-25-9-26-27-20)19-16-11(7-23-18)5-13(22)6-14(16)15(28)8-24-19/h1-6,9,17-18,23H,7-8H2,(H,25,26,27). The Morgan fingerprint density at radius 3 is 2.64 bits per heavy atom. The Kier molecular flexibility index (Phi) is 3.87. The van der Waals surface area contributed by atoms with Crippen molar-refractivity contribution in [1.82, 2.24) is 20.5 Å². The molecule has 0 saturated carbocycles. The first-order chi connectivity index (χ1) is 13.6. The number of aliphatic imine (C=N–C) groups is 1. The van der Waals surface area contributed by atoms with Crippen LogP contribution in [0.15, 0.2) is 47.7 Å². The van der Waals surface area contributed by atoms with Gasteiger partial charge in [-0.25, -0.2) is 13.8 Å². The summed E-state index contributed by atoms with van der Waals surface area (Å²) in [6.45, 7) is 0.283. The van der Waals surface area contributed by atoms with Gasteiger partial charge in [-0.1, -0.05) is 12.1 Å². The Morgan fingerprint density at radius 1 is 1.07 bits per heavy atom. The Labute approximate surface area is 158 Å². The molecule has 3 aromatic rings. The quantitative estimate of drug-likeness (QED) is 0.717. The summed E-state index contributed by atoms with van der Waals surface area (Å²) in [7, 11) is 0. The van der Waals surface area contributed by atoms with Gasteiger partial charge in [-0.15, -0.1) is 0 Å². The second-order valence-corrected chi connectivity index (χ2v) is 6.87. The van der Waals surface area contributed by atoms with Gasteiger partial charge in [0.1, 0.15) is 30.3 Å². The molecule has 0 spiro atoms. The lowest BCUT2D eigenvalue weighted by Gasteiger charge is -2.27. The van der Waals surface area contributed by atoms with Gasteiger partial charge in [0.25, 0.3) is 0 Å². The lowest BCUT2D eigenvalue weighted by molar-refractivity contribution is 0.0999. The maximum atomic E-state index is 14.1. The Bertz CT molecular complexity index is 1090. The molecule has 1 aromatic heterocycles. The van der Waals surface area contributed by atoms with E-state index in [9.17, 15) is 13.6 Å². The van der Waals surface area contributed by atoms with Gasteiger partial charge in [-0.05, 0) is 35.4 Å². The Balaban J connectivity index is 1.73. The minimum absolute atomic E-state index is 0.0496. The highest BCUT2D eigenvalue weighted by Gasteiger charge is 2.39. The summed E-state index contributed by atoms with van der Waals surface area (Å²) in [5.74, 6) is -0.830. The molecule has 0 amide bonds. The minimum Gasteiger partial charge on any atom is -0.305 e. The molecule has 28 heavy (non-hydrogen) atoms. The van der Waals surface area contributed by atoms with Crippen molar-refractivity contribution in [2.75, 3.05) is 6.54 Å². The number of benzene rings is 2. The number of hydrogen-bond acceptors (Lipinski definition) is 5. The second kappa shape index (κ2) is 6.42. The highest BCUT2D eigenvalue weighted by atomic mass is 19.1. The normalized spacial score (nSPS) is 21.1. The highest BCUT2D eigenvalue weighted by Crippen LogP contribution is 2.39. The third-order valence-corrected chi connectivity index (χ3v) is 5.23. The number of rotatable bonds is 2. The number of halogens is 2. The number of nitrogens with zero attached hydrogens (tertiary/aromatic N) is 3. The van der Waals surface area contributed by atoms with Crippen LogP contribution in [0.25, 0.3) is 0 Å². The van der Waals surface area contributed by atoms with E-state index in [-0.39, 0.29) is 24.2 Å². The van der Waals surface area contributed by atoms with E-state index in [1.807, 2.05) is 0 Å². The number of H-pyrrole nitrogens is 1. The molecular weight excluding hydrogens is 364 g/mol. The molecular formula is C20H15F2N5O. The number of nitrogens with one attached hydrogen (secondary N) is 2. The molecule has 2 atom stereocenters. The van der Waals surface area contributed by atoms with E-state index >= 15 is 0 Å². The minimum atomic E-state index is -0.457. The zero-order valence-electron chi connectivity index (χ0n) is 14.6. The number of Topliss-reactive ketones (excluding diaryl/α,β-unsaturated/α-hetero) is 1. The summed E-state index contributed by atoms with van der Waals surface area (Å²) in [6, 6.07) is 8.55. The monoisotopic (exact) mass is 379 g/mol. The Hall–Kier alpha value is -3.26. The molecule has 140 valence electrons. The molecule has 0 fully saturated rings. The topological polar surface area (TPSA) is 83.0 Å². The number of hydrogen-bond donors (Lipinski definition) is 2. The Morgan fingerprint density at radius 2 is 1.89 bits per heavy atom. The van der Waals surface area contributed by atoms with Gasteiger partial charge in [0.15, 0.2) is 5.78 Å². The van der Waals surface area contributed by atoms with Crippen LogP contribution < -0.4 is 5.32 Å². The molecule has 0 aliphatic carbocycles. The van der Waals surface area contributed by atoms with E-state index in [1.165, 1.54) is 30.6 Å². The first kappa shape index (κ1) is 16.9. The lowest BCUT2D eigenvalue weighted by atomic mass is 9.82. The third kappa shape index (κ3) is 2.65. The van der Waals surface area contributed by atoms with Gasteiger partial charge in [-0.2, -0.15) is 5.10 Å². The average Bonchev–Trinajstić information content (AvgIpc) is 3.16. The van der Waals surface area contributed by atoms with Gasteiger partial charge in [0.05, 0.1) is 11.6 Å². The van der Waals surface area contributed by atoms with E-state index in [2.05, 4.69) is 25.5 Å². The second-order valence-electron chi connectivity index (χ2n) is 6.87. The van der Waals surface area contributed by atoms with Crippen LogP contribution in [0, 0.1) is 11.6 Å². The molecule has 2 aliphatic rings. The summed E-state index contributed by atoms with van der Waals surface area (Å²) in [4.78, 5) is 21.3. The zero-order valence-corrected chi connectivity index (χ0v) is 14.6. The van der Waals surface area contributed by atoms with Crippen LogP contribution in [-0.2, 0) is 6.54 Å². The van der Waals surface area contributed by atoms with Crippen molar-refractivity contribution in [2.24, 2.45) is 4.99 Å². The van der Waals surface area contributed by atoms with Crippen LogP contribution in [-0.4, -0.2) is 33.2 Å². The van der Waals surface area contributed by atoms with Crippen molar-refractivity contribution in [2.45, 2.75) is 18.5 Å². The van der Waals surface area contributed by atoms with E-state index in [4.69, 9.17) is 0 Å². The van der Waals surface area contributed by atoms with E-state index in [1.54, 1.807) is 12.1 Å². The first-order valence-corrected chi connectivity index (χ1v) is 8.86. The first-order valence-electron chi connectivity index (χ1n) is 8.86. The van der Waals surface area contributed by atoms with Crippen molar-refractivity contribution < 1.29 is 13.6 Å². The average molecular weight is 379 g/mol. The summed E-state index contributed by atoms with van der Waals surface area (Å²) in [5, 5.41) is 10.3. The SMILES string of the molecule is O=C1CN=C2c3c(cc(F)cc31)CNC(c1ccc(F)cc1)C2c1ncn[nH]1. The lowest BCUT2D eigenvalue weighted by Crippen LogP contribution is -2.31. The molecule has 3 heterocycles. The number of ketones is 1. The van der Waals surface area contributed by atoms with Gasteiger partial charge in [0, 0.05) is 23.7 Å². The fraction of sp³-hybridized carbons (Fsp3) is 0.200. The van der Waals surface area contributed by atoms with Crippen molar-refractivity contribution >= 4 is 11.5 Å². The summed E-state index contributed by atoms with van der Waals surface area (Å²) < 4.78 is 27.6.